The third-order valence-corrected chi connectivity index (χ3v) is 3.42. The van der Waals surface area contributed by atoms with Crippen molar-refractivity contribution in [2.75, 3.05) is 0 Å². The van der Waals surface area contributed by atoms with Gasteiger partial charge in [0.05, 0.1) is 29.1 Å². The van der Waals surface area contributed by atoms with Gasteiger partial charge in [-0.25, -0.2) is 14.8 Å². The Morgan fingerprint density at radius 3 is 2.65 bits per heavy atom. The number of hydrogen-bond acceptors (Lipinski definition) is 5. The molecule has 6 nitrogen and oxygen atoms in total. The van der Waals surface area contributed by atoms with Gasteiger partial charge in [0, 0.05) is 11.6 Å². The second-order valence-electron chi connectivity index (χ2n) is 6.77. The molecular weight excluding hydrogens is 335 g/mol. The second kappa shape index (κ2) is 7.03. The first-order valence-corrected chi connectivity index (χ1v) is 8.16. The Labute approximate surface area is 150 Å². The van der Waals surface area contributed by atoms with Gasteiger partial charge in [-0.15, -0.1) is 0 Å². The number of carbonyl (C=O) groups excluding carboxylic acids is 1. The molecule has 0 aliphatic heterocycles. The van der Waals surface area contributed by atoms with Gasteiger partial charge in [-0.1, -0.05) is 6.07 Å². The van der Waals surface area contributed by atoms with E-state index < -0.39 is 17.6 Å². The topological polar surface area (TPSA) is 77.0 Å². The van der Waals surface area contributed by atoms with Gasteiger partial charge >= 0.3 is 6.09 Å². The van der Waals surface area contributed by atoms with Crippen LogP contribution in [0.5, 0.6) is 0 Å². The summed E-state index contributed by atoms with van der Waals surface area (Å²) < 4.78 is 18.5. The number of carbonyl (C=O) groups is 1. The van der Waals surface area contributed by atoms with Gasteiger partial charge in [-0.3, -0.25) is 4.98 Å². The lowest BCUT2D eigenvalue weighted by atomic mass is 10.2. The highest BCUT2D eigenvalue weighted by molar-refractivity contribution is 5.80. The van der Waals surface area contributed by atoms with Crippen molar-refractivity contribution >= 4 is 17.0 Å². The van der Waals surface area contributed by atoms with E-state index in [-0.39, 0.29) is 6.54 Å². The molecule has 0 aliphatic rings. The number of ether oxygens (including phenoxy) is 1. The SMILES string of the molecule is CC(C)(C)OC(=O)NCc1cc2nc(-c3cccc(F)n3)ccc2cn1. The standard InChI is InChI=1S/C19H19FN4O2/c1-19(2,3)26-18(25)22-11-13-9-16-12(10-21-13)7-8-15(23-16)14-5-4-6-17(20)24-14/h4-10H,11H2,1-3H3,(H,22,25). The van der Waals surface area contributed by atoms with Gasteiger partial charge in [0.25, 0.3) is 0 Å². The van der Waals surface area contributed by atoms with Crippen molar-refractivity contribution in [3.8, 4) is 11.4 Å². The van der Waals surface area contributed by atoms with Crippen molar-refractivity contribution < 1.29 is 13.9 Å². The molecular formula is C19H19FN4O2. The van der Waals surface area contributed by atoms with Gasteiger partial charge in [0.1, 0.15) is 5.60 Å². The number of alkyl carbamates (subject to hydrolysis) is 1. The molecule has 3 aromatic heterocycles. The van der Waals surface area contributed by atoms with E-state index in [1.165, 1.54) is 6.07 Å². The smallest absolute Gasteiger partial charge is 0.407 e. The van der Waals surface area contributed by atoms with E-state index in [0.29, 0.717) is 22.6 Å². The Balaban J connectivity index is 1.80. The minimum Gasteiger partial charge on any atom is -0.444 e. The number of aromatic nitrogens is 3. The zero-order valence-corrected chi connectivity index (χ0v) is 14.8. The average Bonchev–Trinajstić information content (AvgIpc) is 2.58. The average molecular weight is 354 g/mol. The molecule has 3 aromatic rings. The van der Waals surface area contributed by atoms with Crippen LogP contribution in [0.3, 0.4) is 0 Å². The normalized spacial score (nSPS) is 11.4. The molecule has 1 N–H and O–H groups in total. The van der Waals surface area contributed by atoms with E-state index in [9.17, 15) is 9.18 Å². The van der Waals surface area contributed by atoms with Crippen molar-refractivity contribution in [2.24, 2.45) is 0 Å². The summed E-state index contributed by atoms with van der Waals surface area (Å²) in [5.74, 6) is -0.554. The maximum atomic E-state index is 13.3. The summed E-state index contributed by atoms with van der Waals surface area (Å²) in [5.41, 5.74) is 1.78. The number of fused-ring (bicyclic) bond motifs is 1. The van der Waals surface area contributed by atoms with Crippen LogP contribution in [0.15, 0.2) is 42.6 Å². The number of halogens is 1. The van der Waals surface area contributed by atoms with Crippen LogP contribution in [0, 0.1) is 5.95 Å². The molecule has 0 fully saturated rings. The molecule has 0 unspecified atom stereocenters. The fourth-order valence-electron chi connectivity index (χ4n) is 2.33. The van der Waals surface area contributed by atoms with Gasteiger partial charge < -0.3 is 10.1 Å². The van der Waals surface area contributed by atoms with E-state index in [1.807, 2.05) is 6.07 Å². The maximum Gasteiger partial charge on any atom is 0.407 e. The zero-order chi connectivity index (χ0) is 18.7. The van der Waals surface area contributed by atoms with Crippen molar-refractivity contribution in [2.45, 2.75) is 32.9 Å². The number of nitrogens with zero attached hydrogens (tertiary/aromatic N) is 3. The summed E-state index contributed by atoms with van der Waals surface area (Å²) >= 11 is 0. The van der Waals surface area contributed by atoms with E-state index in [4.69, 9.17) is 4.74 Å². The molecule has 134 valence electrons. The first-order chi connectivity index (χ1) is 12.3. The van der Waals surface area contributed by atoms with E-state index in [0.717, 1.165) is 5.39 Å². The third kappa shape index (κ3) is 4.50. The first kappa shape index (κ1) is 17.7. The minimum absolute atomic E-state index is 0.217. The van der Waals surface area contributed by atoms with Gasteiger partial charge in [-0.2, -0.15) is 4.39 Å². The molecule has 26 heavy (non-hydrogen) atoms. The van der Waals surface area contributed by atoms with Crippen LogP contribution in [0.4, 0.5) is 9.18 Å². The molecule has 1 amide bonds. The predicted molar refractivity (Wildman–Crippen MR) is 95.8 cm³/mol. The van der Waals surface area contributed by atoms with Crippen LogP contribution in [0.1, 0.15) is 26.5 Å². The van der Waals surface area contributed by atoms with Crippen LogP contribution >= 0.6 is 0 Å². The molecule has 0 bridgehead atoms. The lowest BCUT2D eigenvalue weighted by Gasteiger charge is -2.19. The summed E-state index contributed by atoms with van der Waals surface area (Å²) in [6, 6.07) is 9.97. The fraction of sp³-hybridized carbons (Fsp3) is 0.263. The largest absolute Gasteiger partial charge is 0.444 e. The molecule has 0 saturated heterocycles. The van der Waals surface area contributed by atoms with E-state index in [2.05, 4.69) is 20.3 Å². The van der Waals surface area contributed by atoms with Crippen LogP contribution in [-0.2, 0) is 11.3 Å². The highest BCUT2D eigenvalue weighted by Gasteiger charge is 2.16. The van der Waals surface area contributed by atoms with Gasteiger partial charge in [-0.05, 0) is 51.1 Å². The maximum absolute atomic E-state index is 13.3. The van der Waals surface area contributed by atoms with Crippen molar-refractivity contribution in [1.29, 1.82) is 0 Å². The van der Waals surface area contributed by atoms with Crippen LogP contribution in [0.2, 0.25) is 0 Å². The molecule has 0 atom stereocenters. The number of pyridine rings is 3. The Kier molecular flexibility index (Phi) is 4.79. The Morgan fingerprint density at radius 2 is 1.92 bits per heavy atom. The first-order valence-electron chi connectivity index (χ1n) is 8.16. The monoisotopic (exact) mass is 354 g/mol. The lowest BCUT2D eigenvalue weighted by Crippen LogP contribution is -2.32. The Hall–Kier alpha value is -3.09. The minimum atomic E-state index is -0.560. The van der Waals surface area contributed by atoms with Crippen LogP contribution < -0.4 is 5.32 Å². The summed E-state index contributed by atoms with van der Waals surface area (Å²) in [5, 5.41) is 3.50. The third-order valence-electron chi connectivity index (χ3n) is 3.42. The summed E-state index contributed by atoms with van der Waals surface area (Å²) in [4.78, 5) is 24.4. The molecule has 0 aromatic carbocycles. The lowest BCUT2D eigenvalue weighted by molar-refractivity contribution is 0.0523. The predicted octanol–water partition coefficient (Wildman–Crippen LogP) is 3.86. The molecule has 0 radical (unpaired) electrons. The summed E-state index contributed by atoms with van der Waals surface area (Å²) in [6.45, 7) is 5.61. The number of nitrogens with one attached hydrogen (secondary N) is 1. The van der Waals surface area contributed by atoms with Crippen molar-refractivity contribution in [1.82, 2.24) is 20.3 Å². The van der Waals surface area contributed by atoms with Crippen molar-refractivity contribution in [3.63, 3.8) is 0 Å². The quantitative estimate of drug-likeness (QED) is 0.723. The van der Waals surface area contributed by atoms with E-state index in [1.54, 1.807) is 51.2 Å². The Bertz CT molecular complexity index is 954. The molecule has 3 rings (SSSR count). The van der Waals surface area contributed by atoms with Crippen LogP contribution in [0.25, 0.3) is 22.3 Å². The summed E-state index contributed by atoms with van der Waals surface area (Å²) in [7, 11) is 0. The molecule has 3 heterocycles. The fourth-order valence-corrected chi connectivity index (χ4v) is 2.33. The Morgan fingerprint density at radius 1 is 1.15 bits per heavy atom. The van der Waals surface area contributed by atoms with Gasteiger partial charge in [0.15, 0.2) is 0 Å². The van der Waals surface area contributed by atoms with Crippen LogP contribution in [-0.4, -0.2) is 26.6 Å². The number of amides is 1. The van der Waals surface area contributed by atoms with Crippen molar-refractivity contribution in [3.05, 3.63) is 54.2 Å². The molecule has 0 spiro atoms. The zero-order valence-electron chi connectivity index (χ0n) is 14.8. The van der Waals surface area contributed by atoms with Gasteiger partial charge in [0.2, 0.25) is 5.95 Å². The molecule has 0 aliphatic carbocycles. The van der Waals surface area contributed by atoms with E-state index >= 15 is 0 Å². The number of hydrogen-bond donors (Lipinski definition) is 1. The molecule has 7 heteroatoms. The highest BCUT2D eigenvalue weighted by atomic mass is 19.1. The molecule has 0 saturated carbocycles. The second-order valence-corrected chi connectivity index (χ2v) is 6.77. The summed E-state index contributed by atoms with van der Waals surface area (Å²) in [6.07, 6.45) is 1.17. The number of rotatable bonds is 3. The highest BCUT2D eigenvalue weighted by Crippen LogP contribution is 2.19.